The number of rotatable bonds is 6. The van der Waals surface area contributed by atoms with Gasteiger partial charge in [-0.05, 0) is 19.4 Å². The van der Waals surface area contributed by atoms with E-state index in [1.807, 2.05) is 6.92 Å². The molecule has 1 rings (SSSR count). The Balaban J connectivity index is 2.71. The van der Waals surface area contributed by atoms with Crippen molar-refractivity contribution >= 4 is 11.9 Å². The molecule has 0 aromatic carbocycles. The Bertz CT molecular complexity index is 414. The third kappa shape index (κ3) is 3.87. The average molecular weight is 253 g/mol. The van der Waals surface area contributed by atoms with Crippen LogP contribution in [0.25, 0.3) is 0 Å². The summed E-state index contributed by atoms with van der Waals surface area (Å²) >= 11 is 0. The highest BCUT2D eigenvalue weighted by Crippen LogP contribution is 2.03. The molecular weight excluding hydrogens is 234 g/mol. The number of ether oxygens (including phenoxy) is 1. The number of hydrogen-bond donors (Lipinski definition) is 0. The van der Waals surface area contributed by atoms with Gasteiger partial charge in [-0.2, -0.15) is 5.10 Å². The number of esters is 1. The first-order valence-corrected chi connectivity index (χ1v) is 6.03. The Morgan fingerprint density at radius 1 is 1.44 bits per heavy atom. The summed E-state index contributed by atoms with van der Waals surface area (Å²) in [7, 11) is 1.74. The van der Waals surface area contributed by atoms with Crippen LogP contribution in [0, 0.1) is 0 Å². The molecule has 0 fully saturated rings. The first kappa shape index (κ1) is 14.2. The maximum atomic E-state index is 12.1. The molecule has 0 saturated heterocycles. The van der Waals surface area contributed by atoms with E-state index in [2.05, 4.69) is 5.10 Å². The summed E-state index contributed by atoms with van der Waals surface area (Å²) in [5.41, 5.74) is 0.343. The Kier molecular flexibility index (Phi) is 5.35. The van der Waals surface area contributed by atoms with E-state index in [1.165, 1.54) is 4.90 Å². The lowest BCUT2D eigenvalue weighted by Crippen LogP contribution is -2.37. The van der Waals surface area contributed by atoms with Crippen molar-refractivity contribution in [1.29, 1.82) is 0 Å². The predicted molar refractivity (Wildman–Crippen MR) is 66.0 cm³/mol. The molecule has 0 bridgehead atoms. The maximum Gasteiger partial charge on any atom is 0.325 e. The standard InChI is InChI=1S/C12H19N3O3/c1-4-7-15(9-11(16)18-5-2)12(17)10-6-8-14(3)13-10/h6,8H,4-5,7,9H2,1-3H3. The van der Waals surface area contributed by atoms with Gasteiger partial charge in [-0.3, -0.25) is 14.3 Å². The lowest BCUT2D eigenvalue weighted by Gasteiger charge is -2.19. The minimum atomic E-state index is -0.393. The summed E-state index contributed by atoms with van der Waals surface area (Å²) < 4.78 is 6.41. The molecule has 0 saturated carbocycles. The molecule has 1 aromatic heterocycles. The molecule has 1 amide bonds. The zero-order valence-corrected chi connectivity index (χ0v) is 11.0. The fourth-order valence-electron chi connectivity index (χ4n) is 1.58. The minimum absolute atomic E-state index is 0.0307. The number of nitrogens with zero attached hydrogens (tertiary/aromatic N) is 3. The highest BCUT2D eigenvalue weighted by atomic mass is 16.5. The number of aryl methyl sites for hydroxylation is 1. The molecule has 0 unspecified atom stereocenters. The Morgan fingerprint density at radius 3 is 2.67 bits per heavy atom. The van der Waals surface area contributed by atoms with Crippen LogP contribution in [0.3, 0.4) is 0 Å². The first-order valence-electron chi connectivity index (χ1n) is 6.03. The number of hydrogen-bond acceptors (Lipinski definition) is 4. The Morgan fingerprint density at radius 2 is 2.17 bits per heavy atom. The second kappa shape index (κ2) is 6.78. The van der Waals surface area contributed by atoms with Crippen LogP contribution in [0.2, 0.25) is 0 Å². The predicted octanol–water partition coefficient (Wildman–Crippen LogP) is 0.835. The van der Waals surface area contributed by atoms with Crippen LogP contribution in [-0.4, -0.2) is 46.3 Å². The van der Waals surface area contributed by atoms with Gasteiger partial charge in [0.25, 0.3) is 5.91 Å². The van der Waals surface area contributed by atoms with Gasteiger partial charge < -0.3 is 9.64 Å². The van der Waals surface area contributed by atoms with Gasteiger partial charge >= 0.3 is 5.97 Å². The SMILES string of the molecule is CCCN(CC(=O)OCC)C(=O)c1ccn(C)n1. The molecular formula is C12H19N3O3. The fourth-order valence-corrected chi connectivity index (χ4v) is 1.58. The zero-order chi connectivity index (χ0) is 13.5. The van der Waals surface area contributed by atoms with Crippen LogP contribution >= 0.6 is 0 Å². The molecule has 100 valence electrons. The summed E-state index contributed by atoms with van der Waals surface area (Å²) in [4.78, 5) is 25.0. The van der Waals surface area contributed by atoms with Gasteiger partial charge in [-0.25, -0.2) is 0 Å². The van der Waals surface area contributed by atoms with E-state index in [0.717, 1.165) is 6.42 Å². The van der Waals surface area contributed by atoms with E-state index in [9.17, 15) is 9.59 Å². The van der Waals surface area contributed by atoms with E-state index >= 15 is 0 Å². The van der Waals surface area contributed by atoms with Crippen molar-refractivity contribution < 1.29 is 14.3 Å². The quantitative estimate of drug-likeness (QED) is 0.705. The molecule has 6 heteroatoms. The maximum absolute atomic E-state index is 12.1. The van der Waals surface area contributed by atoms with E-state index in [-0.39, 0.29) is 12.5 Å². The second-order valence-electron chi connectivity index (χ2n) is 3.91. The molecule has 1 heterocycles. The smallest absolute Gasteiger partial charge is 0.325 e. The van der Waals surface area contributed by atoms with Crippen LogP contribution in [0.1, 0.15) is 30.8 Å². The van der Waals surface area contributed by atoms with Crippen LogP contribution in [-0.2, 0) is 16.6 Å². The molecule has 0 aliphatic carbocycles. The van der Waals surface area contributed by atoms with Gasteiger partial charge in [0.1, 0.15) is 12.2 Å². The normalized spacial score (nSPS) is 10.2. The van der Waals surface area contributed by atoms with Crippen molar-refractivity contribution in [2.45, 2.75) is 20.3 Å². The number of carbonyl (C=O) groups is 2. The van der Waals surface area contributed by atoms with Gasteiger partial charge in [0.2, 0.25) is 0 Å². The van der Waals surface area contributed by atoms with Gasteiger partial charge in [0.15, 0.2) is 0 Å². The Labute approximate surface area is 107 Å². The third-order valence-electron chi connectivity index (χ3n) is 2.34. The van der Waals surface area contributed by atoms with Crippen molar-refractivity contribution in [3.63, 3.8) is 0 Å². The van der Waals surface area contributed by atoms with E-state index < -0.39 is 5.97 Å². The lowest BCUT2D eigenvalue weighted by atomic mass is 10.3. The zero-order valence-electron chi connectivity index (χ0n) is 11.0. The van der Waals surface area contributed by atoms with Gasteiger partial charge in [0.05, 0.1) is 6.61 Å². The molecule has 0 aliphatic heterocycles. The number of carbonyl (C=O) groups excluding carboxylic acids is 2. The molecule has 0 radical (unpaired) electrons. The monoisotopic (exact) mass is 253 g/mol. The van der Waals surface area contributed by atoms with E-state index in [0.29, 0.717) is 18.8 Å². The molecule has 0 N–H and O–H groups in total. The van der Waals surface area contributed by atoms with Crippen LogP contribution in [0.5, 0.6) is 0 Å². The summed E-state index contributed by atoms with van der Waals surface area (Å²) in [5.74, 6) is -0.638. The second-order valence-corrected chi connectivity index (χ2v) is 3.91. The summed E-state index contributed by atoms with van der Waals surface area (Å²) in [5, 5.41) is 4.04. The van der Waals surface area contributed by atoms with Gasteiger partial charge in [-0.15, -0.1) is 0 Å². The number of amides is 1. The summed E-state index contributed by atoms with van der Waals surface area (Å²) in [6.45, 7) is 4.48. The van der Waals surface area contributed by atoms with E-state index in [1.54, 1.807) is 30.9 Å². The van der Waals surface area contributed by atoms with Crippen LogP contribution in [0.4, 0.5) is 0 Å². The van der Waals surface area contributed by atoms with Gasteiger partial charge in [0, 0.05) is 19.8 Å². The highest BCUT2D eigenvalue weighted by Gasteiger charge is 2.20. The van der Waals surface area contributed by atoms with Crippen LogP contribution in [0.15, 0.2) is 12.3 Å². The molecule has 1 aromatic rings. The highest BCUT2D eigenvalue weighted by molar-refractivity contribution is 5.94. The molecule has 0 spiro atoms. The largest absolute Gasteiger partial charge is 0.465 e. The molecule has 6 nitrogen and oxygen atoms in total. The van der Waals surface area contributed by atoms with Crippen molar-refractivity contribution in [3.8, 4) is 0 Å². The topological polar surface area (TPSA) is 64.4 Å². The molecule has 0 atom stereocenters. The van der Waals surface area contributed by atoms with Crippen molar-refractivity contribution in [1.82, 2.24) is 14.7 Å². The molecule has 0 aliphatic rings. The lowest BCUT2D eigenvalue weighted by molar-refractivity contribution is -0.143. The summed E-state index contributed by atoms with van der Waals surface area (Å²) in [6, 6.07) is 1.64. The average Bonchev–Trinajstić information content (AvgIpc) is 2.75. The minimum Gasteiger partial charge on any atom is -0.465 e. The summed E-state index contributed by atoms with van der Waals surface area (Å²) in [6.07, 6.45) is 2.47. The van der Waals surface area contributed by atoms with Gasteiger partial charge in [-0.1, -0.05) is 6.92 Å². The molecule has 18 heavy (non-hydrogen) atoms. The first-order chi connectivity index (χ1) is 8.58. The third-order valence-corrected chi connectivity index (χ3v) is 2.34. The van der Waals surface area contributed by atoms with E-state index in [4.69, 9.17) is 4.74 Å². The van der Waals surface area contributed by atoms with Crippen LogP contribution < -0.4 is 0 Å². The fraction of sp³-hybridized carbons (Fsp3) is 0.583. The Hall–Kier alpha value is -1.85. The van der Waals surface area contributed by atoms with Crippen molar-refractivity contribution in [3.05, 3.63) is 18.0 Å². The van der Waals surface area contributed by atoms with Crippen molar-refractivity contribution in [2.24, 2.45) is 7.05 Å². The van der Waals surface area contributed by atoms with Crippen molar-refractivity contribution in [2.75, 3.05) is 19.7 Å². The number of aromatic nitrogens is 2.